The number of allylic oxidation sites excluding steroid dienone is 6. The molecule has 0 bridgehead atoms. The molecule has 36 heavy (non-hydrogen) atoms. The lowest BCUT2D eigenvalue weighted by atomic mass is 9.79. The number of halogens is 5. The normalized spacial score (nSPS) is 14.5. The molecule has 8 heteroatoms. The summed E-state index contributed by atoms with van der Waals surface area (Å²) >= 11 is 0. The van der Waals surface area contributed by atoms with Gasteiger partial charge in [-0.25, -0.2) is 26.7 Å². The van der Waals surface area contributed by atoms with Crippen LogP contribution in [0.15, 0.2) is 102 Å². The first-order chi connectivity index (χ1) is 17.4. The molecule has 0 amide bonds. The topological polar surface area (TPSA) is 38.7 Å². The first kappa shape index (κ1) is 24.8. The predicted molar refractivity (Wildman–Crippen MR) is 125 cm³/mol. The van der Waals surface area contributed by atoms with E-state index in [9.17, 15) is 26.7 Å². The molecule has 0 radical (unpaired) electrons. The van der Waals surface area contributed by atoms with Crippen molar-refractivity contribution in [3.63, 3.8) is 0 Å². The third kappa shape index (κ3) is 5.02. The number of hydrogen-bond donors (Lipinski definition) is 0. The van der Waals surface area contributed by atoms with Crippen LogP contribution in [-0.2, 0) is 4.84 Å². The summed E-state index contributed by atoms with van der Waals surface area (Å²) in [4.78, 5) is 17.4. The zero-order chi connectivity index (χ0) is 25.7. The van der Waals surface area contributed by atoms with Crippen molar-refractivity contribution in [2.45, 2.75) is 5.92 Å². The van der Waals surface area contributed by atoms with E-state index in [4.69, 9.17) is 4.84 Å². The van der Waals surface area contributed by atoms with Gasteiger partial charge in [0.25, 0.3) is 0 Å². The summed E-state index contributed by atoms with van der Waals surface area (Å²) in [6, 6.07) is 17.7. The summed E-state index contributed by atoms with van der Waals surface area (Å²) < 4.78 is 69.0. The van der Waals surface area contributed by atoms with Gasteiger partial charge in [-0.05, 0) is 11.1 Å². The van der Waals surface area contributed by atoms with Gasteiger partial charge in [-0.1, -0.05) is 102 Å². The molecular weight excluding hydrogens is 477 g/mol. The van der Waals surface area contributed by atoms with Crippen LogP contribution in [0.25, 0.3) is 0 Å². The Morgan fingerprint density at radius 1 is 0.694 bits per heavy atom. The fourth-order valence-corrected chi connectivity index (χ4v) is 3.84. The van der Waals surface area contributed by atoms with Crippen LogP contribution >= 0.6 is 0 Å². The second-order valence-corrected chi connectivity index (χ2v) is 7.79. The van der Waals surface area contributed by atoms with Gasteiger partial charge in [0.15, 0.2) is 23.3 Å². The lowest BCUT2D eigenvalue weighted by Gasteiger charge is -2.24. The molecular formula is C28H18F5NO2. The first-order valence-electron chi connectivity index (χ1n) is 10.8. The Morgan fingerprint density at radius 2 is 1.19 bits per heavy atom. The summed E-state index contributed by atoms with van der Waals surface area (Å²) in [6.45, 7) is 0. The van der Waals surface area contributed by atoms with Gasteiger partial charge in [0.1, 0.15) is 5.56 Å². The summed E-state index contributed by atoms with van der Waals surface area (Å²) in [5.41, 5.74) is -0.207. The van der Waals surface area contributed by atoms with Gasteiger partial charge in [0, 0.05) is 11.8 Å². The fraction of sp³-hybridized carbons (Fsp3) is 0.0714. The van der Waals surface area contributed by atoms with Crippen molar-refractivity contribution in [2.75, 3.05) is 0 Å². The lowest BCUT2D eigenvalue weighted by molar-refractivity contribution is 0.0500. The van der Waals surface area contributed by atoms with Crippen molar-refractivity contribution in [3.05, 3.63) is 143 Å². The van der Waals surface area contributed by atoms with Gasteiger partial charge < -0.3 is 4.84 Å². The molecule has 3 aromatic rings. The SMILES string of the molecule is O=C(O/N=C(/c1ccccc1)C(c1ccccc1)C1C=CC=CC=C1)c1c(F)c(F)c(F)c(F)c1F. The largest absolute Gasteiger partial charge is 0.371 e. The third-order valence-corrected chi connectivity index (χ3v) is 5.55. The minimum Gasteiger partial charge on any atom is -0.312 e. The molecule has 182 valence electrons. The predicted octanol–water partition coefficient (Wildman–Crippen LogP) is 7.03. The van der Waals surface area contributed by atoms with Crippen LogP contribution in [0.1, 0.15) is 27.4 Å². The van der Waals surface area contributed by atoms with Crippen molar-refractivity contribution < 1.29 is 31.6 Å². The lowest BCUT2D eigenvalue weighted by Crippen LogP contribution is -2.22. The van der Waals surface area contributed by atoms with Crippen LogP contribution in [-0.4, -0.2) is 11.7 Å². The number of benzene rings is 3. The van der Waals surface area contributed by atoms with Crippen LogP contribution in [0.4, 0.5) is 22.0 Å². The van der Waals surface area contributed by atoms with E-state index in [0.717, 1.165) is 5.56 Å². The number of rotatable bonds is 6. The maximum Gasteiger partial charge on any atom is 0.371 e. The third-order valence-electron chi connectivity index (χ3n) is 5.55. The molecule has 4 rings (SSSR count). The van der Waals surface area contributed by atoms with Crippen molar-refractivity contribution in [2.24, 2.45) is 11.1 Å². The molecule has 0 aromatic heterocycles. The number of nitrogens with zero attached hydrogens (tertiary/aromatic N) is 1. The van der Waals surface area contributed by atoms with E-state index >= 15 is 0 Å². The summed E-state index contributed by atoms with van der Waals surface area (Å²) in [5.74, 6) is -14.1. The van der Waals surface area contributed by atoms with E-state index in [1.165, 1.54) is 0 Å². The summed E-state index contributed by atoms with van der Waals surface area (Å²) in [5, 5.41) is 3.92. The zero-order valence-corrected chi connectivity index (χ0v) is 18.5. The van der Waals surface area contributed by atoms with Crippen LogP contribution in [0, 0.1) is 35.0 Å². The van der Waals surface area contributed by atoms with Gasteiger partial charge in [0.2, 0.25) is 5.82 Å². The van der Waals surface area contributed by atoms with Crippen LogP contribution in [0.5, 0.6) is 0 Å². The Labute approximate surface area is 203 Å². The van der Waals surface area contributed by atoms with Gasteiger partial charge in [-0.15, -0.1) is 0 Å². The van der Waals surface area contributed by atoms with E-state index in [1.54, 1.807) is 30.3 Å². The van der Waals surface area contributed by atoms with Crippen LogP contribution < -0.4 is 0 Å². The van der Waals surface area contributed by atoms with Gasteiger partial charge in [-0.2, -0.15) is 0 Å². The smallest absolute Gasteiger partial charge is 0.312 e. The van der Waals surface area contributed by atoms with Crippen molar-refractivity contribution in [1.29, 1.82) is 0 Å². The molecule has 3 aromatic carbocycles. The van der Waals surface area contributed by atoms with E-state index in [0.29, 0.717) is 5.56 Å². The average Bonchev–Trinajstić information content (AvgIpc) is 3.19. The number of oxime groups is 1. The zero-order valence-electron chi connectivity index (χ0n) is 18.5. The number of carbonyl (C=O) groups is 1. The minimum absolute atomic E-state index is 0.209. The number of carbonyl (C=O) groups excluding carboxylic acids is 1. The maximum atomic E-state index is 14.2. The molecule has 0 heterocycles. The molecule has 1 aliphatic carbocycles. The van der Waals surface area contributed by atoms with E-state index < -0.39 is 46.5 Å². The summed E-state index contributed by atoms with van der Waals surface area (Å²) in [7, 11) is 0. The fourth-order valence-electron chi connectivity index (χ4n) is 3.84. The van der Waals surface area contributed by atoms with Gasteiger partial charge >= 0.3 is 5.97 Å². The minimum atomic E-state index is -2.38. The highest BCUT2D eigenvalue weighted by molar-refractivity contribution is 6.06. The van der Waals surface area contributed by atoms with Gasteiger partial charge in [-0.3, -0.25) is 0 Å². The van der Waals surface area contributed by atoms with E-state index in [-0.39, 0.29) is 11.6 Å². The van der Waals surface area contributed by atoms with E-state index in [1.807, 2.05) is 66.8 Å². The molecule has 1 unspecified atom stereocenters. The second kappa shape index (κ2) is 10.9. The molecule has 0 spiro atoms. The Hall–Kier alpha value is -4.33. The Morgan fingerprint density at radius 3 is 1.75 bits per heavy atom. The monoisotopic (exact) mass is 495 g/mol. The molecule has 1 aliphatic rings. The highest BCUT2D eigenvalue weighted by Gasteiger charge is 2.32. The average molecular weight is 495 g/mol. The molecule has 0 N–H and O–H groups in total. The van der Waals surface area contributed by atoms with Gasteiger partial charge in [0.05, 0.1) is 5.71 Å². The Kier molecular flexibility index (Phi) is 7.53. The molecule has 1 atom stereocenters. The van der Waals surface area contributed by atoms with Crippen LogP contribution in [0.3, 0.4) is 0 Å². The quantitative estimate of drug-likeness (QED) is 0.0920. The van der Waals surface area contributed by atoms with Crippen molar-refractivity contribution in [1.82, 2.24) is 0 Å². The second-order valence-electron chi connectivity index (χ2n) is 7.79. The molecule has 0 saturated heterocycles. The highest BCUT2D eigenvalue weighted by Crippen LogP contribution is 2.33. The van der Waals surface area contributed by atoms with E-state index in [2.05, 4.69) is 5.16 Å². The maximum absolute atomic E-state index is 14.2. The molecule has 0 aliphatic heterocycles. The Bertz CT molecular complexity index is 1340. The highest BCUT2D eigenvalue weighted by atomic mass is 19.2. The molecule has 0 saturated carbocycles. The number of hydrogen-bond acceptors (Lipinski definition) is 3. The van der Waals surface area contributed by atoms with Crippen molar-refractivity contribution in [3.8, 4) is 0 Å². The first-order valence-corrected chi connectivity index (χ1v) is 10.8. The van der Waals surface area contributed by atoms with Crippen LogP contribution in [0.2, 0.25) is 0 Å². The standard InChI is InChI=1S/C28H18F5NO2/c29-22-21(23(30)25(32)26(33)24(22)31)28(35)36-34-27(19-15-9-4-10-16-19)20(18-13-7-3-8-14-18)17-11-5-1-2-6-12-17/h1-17,20H/b34-27-. The Balaban J connectivity index is 1.83. The molecule has 3 nitrogen and oxygen atoms in total. The molecule has 0 fully saturated rings. The van der Waals surface area contributed by atoms with Crippen molar-refractivity contribution >= 4 is 11.7 Å². The summed E-state index contributed by atoms with van der Waals surface area (Å²) in [6.07, 6.45) is 11.2.